The van der Waals surface area contributed by atoms with Crippen molar-refractivity contribution < 1.29 is 18.6 Å². The van der Waals surface area contributed by atoms with Crippen LogP contribution in [-0.4, -0.2) is 18.8 Å². The van der Waals surface area contributed by atoms with E-state index in [4.69, 9.17) is 4.74 Å². The lowest BCUT2D eigenvalue weighted by molar-refractivity contribution is 0.187. The number of hydrogen-bond acceptors (Lipinski definition) is 3. The Morgan fingerprint density at radius 3 is 2.57 bits per heavy atom. The fourth-order valence-electron chi connectivity index (χ4n) is 2.04. The van der Waals surface area contributed by atoms with Crippen molar-refractivity contribution in [2.45, 2.75) is 13.0 Å². The molecule has 0 aromatic heterocycles. The van der Waals surface area contributed by atoms with E-state index in [1.165, 1.54) is 13.2 Å². The summed E-state index contributed by atoms with van der Waals surface area (Å²) in [5, 5.41) is 13.1. The first-order chi connectivity index (χ1) is 10.0. The molecule has 0 spiro atoms. The van der Waals surface area contributed by atoms with Gasteiger partial charge in [0.15, 0.2) is 11.6 Å². The summed E-state index contributed by atoms with van der Waals surface area (Å²) < 4.78 is 31.1. The summed E-state index contributed by atoms with van der Waals surface area (Å²) in [5.74, 6) is -1.25. The van der Waals surface area contributed by atoms with Gasteiger partial charge in [-0.05, 0) is 31.2 Å². The van der Waals surface area contributed by atoms with Gasteiger partial charge in [0.2, 0.25) is 0 Å². The molecule has 0 radical (unpaired) electrons. The monoisotopic (exact) mass is 293 g/mol. The number of hydrogen-bond donors (Lipinski definition) is 2. The highest BCUT2D eigenvalue weighted by Crippen LogP contribution is 2.26. The highest BCUT2D eigenvalue weighted by molar-refractivity contribution is 5.45. The highest BCUT2D eigenvalue weighted by Gasteiger charge is 2.13. The van der Waals surface area contributed by atoms with Gasteiger partial charge in [-0.15, -0.1) is 0 Å². The Balaban J connectivity index is 2.09. The van der Waals surface area contributed by atoms with Crippen molar-refractivity contribution in [1.29, 1.82) is 0 Å². The van der Waals surface area contributed by atoms with Crippen LogP contribution >= 0.6 is 0 Å². The second-order valence-corrected chi connectivity index (χ2v) is 4.77. The summed E-state index contributed by atoms with van der Waals surface area (Å²) >= 11 is 0. The second-order valence-electron chi connectivity index (χ2n) is 4.77. The summed E-state index contributed by atoms with van der Waals surface area (Å²) in [6.07, 6.45) is -0.826. The SMILES string of the molecule is COc1ccc(C)cc1C(O)CNc1ccc(F)c(F)c1. The molecule has 0 saturated heterocycles. The Kier molecular flexibility index (Phi) is 4.75. The van der Waals surface area contributed by atoms with Crippen LogP contribution in [0.4, 0.5) is 14.5 Å². The fourth-order valence-corrected chi connectivity index (χ4v) is 2.04. The minimum atomic E-state index is -0.928. The Morgan fingerprint density at radius 2 is 1.90 bits per heavy atom. The third kappa shape index (κ3) is 3.70. The molecular formula is C16H17F2NO2. The average molecular weight is 293 g/mol. The van der Waals surface area contributed by atoms with Crippen molar-refractivity contribution in [1.82, 2.24) is 0 Å². The third-order valence-corrected chi connectivity index (χ3v) is 3.16. The Labute approximate surface area is 122 Å². The predicted octanol–water partition coefficient (Wildman–Crippen LogP) is 3.43. The van der Waals surface area contributed by atoms with Gasteiger partial charge < -0.3 is 15.2 Å². The fraction of sp³-hybridized carbons (Fsp3) is 0.250. The molecule has 3 nitrogen and oxygen atoms in total. The lowest BCUT2D eigenvalue weighted by Gasteiger charge is -2.17. The number of aryl methyl sites for hydroxylation is 1. The molecule has 0 aliphatic rings. The minimum Gasteiger partial charge on any atom is -0.496 e. The van der Waals surface area contributed by atoms with E-state index in [0.717, 1.165) is 17.7 Å². The Morgan fingerprint density at radius 1 is 1.14 bits per heavy atom. The van der Waals surface area contributed by atoms with Crippen LogP contribution < -0.4 is 10.1 Å². The van der Waals surface area contributed by atoms with Crippen LogP contribution in [0.3, 0.4) is 0 Å². The summed E-state index contributed by atoms with van der Waals surface area (Å²) in [5.41, 5.74) is 2.05. The van der Waals surface area contributed by atoms with Gasteiger partial charge >= 0.3 is 0 Å². The van der Waals surface area contributed by atoms with Crippen LogP contribution in [0, 0.1) is 18.6 Å². The van der Waals surface area contributed by atoms with Crippen molar-refractivity contribution in [3.05, 3.63) is 59.2 Å². The number of anilines is 1. The number of ether oxygens (including phenoxy) is 1. The number of methoxy groups -OCH3 is 1. The number of aliphatic hydroxyl groups excluding tert-OH is 1. The van der Waals surface area contributed by atoms with E-state index in [0.29, 0.717) is 17.0 Å². The lowest BCUT2D eigenvalue weighted by Crippen LogP contribution is -2.13. The zero-order valence-electron chi connectivity index (χ0n) is 11.9. The molecule has 0 aliphatic carbocycles. The maximum Gasteiger partial charge on any atom is 0.160 e. The van der Waals surface area contributed by atoms with Crippen molar-refractivity contribution >= 4 is 5.69 Å². The molecule has 0 fully saturated rings. The third-order valence-electron chi connectivity index (χ3n) is 3.16. The molecule has 0 heterocycles. The van der Waals surface area contributed by atoms with Crippen LogP contribution in [0.2, 0.25) is 0 Å². The van der Waals surface area contributed by atoms with Gasteiger partial charge in [-0.25, -0.2) is 8.78 Å². The van der Waals surface area contributed by atoms with Crippen LogP contribution in [0.25, 0.3) is 0 Å². The molecule has 21 heavy (non-hydrogen) atoms. The van der Waals surface area contributed by atoms with Gasteiger partial charge in [0.25, 0.3) is 0 Å². The second kappa shape index (κ2) is 6.54. The summed E-state index contributed by atoms with van der Waals surface area (Å²) in [7, 11) is 1.53. The molecular weight excluding hydrogens is 276 g/mol. The average Bonchev–Trinajstić information content (AvgIpc) is 2.48. The minimum absolute atomic E-state index is 0.158. The first kappa shape index (κ1) is 15.3. The van der Waals surface area contributed by atoms with Gasteiger partial charge in [0, 0.05) is 23.9 Å². The highest BCUT2D eigenvalue weighted by atomic mass is 19.2. The lowest BCUT2D eigenvalue weighted by atomic mass is 10.1. The standard InChI is InChI=1S/C16H17F2NO2/c1-10-3-6-16(21-2)12(7-10)15(20)9-19-11-4-5-13(17)14(18)8-11/h3-8,15,19-20H,9H2,1-2H3. The molecule has 1 unspecified atom stereocenters. The van der Waals surface area contributed by atoms with Crippen LogP contribution in [0.1, 0.15) is 17.2 Å². The van der Waals surface area contributed by atoms with E-state index in [1.54, 1.807) is 6.07 Å². The van der Waals surface area contributed by atoms with Gasteiger partial charge in [-0.2, -0.15) is 0 Å². The van der Waals surface area contributed by atoms with Gasteiger partial charge in [0.1, 0.15) is 5.75 Å². The number of halogens is 2. The summed E-state index contributed by atoms with van der Waals surface area (Å²) in [6, 6.07) is 9.01. The molecule has 5 heteroatoms. The van der Waals surface area contributed by atoms with E-state index in [1.807, 2.05) is 19.1 Å². The number of rotatable bonds is 5. The van der Waals surface area contributed by atoms with Gasteiger partial charge in [-0.1, -0.05) is 11.6 Å². The molecule has 2 N–H and O–H groups in total. The van der Waals surface area contributed by atoms with Gasteiger partial charge in [0.05, 0.1) is 13.2 Å². The van der Waals surface area contributed by atoms with Crippen molar-refractivity contribution in [2.24, 2.45) is 0 Å². The maximum absolute atomic E-state index is 13.1. The maximum atomic E-state index is 13.1. The molecule has 112 valence electrons. The largest absolute Gasteiger partial charge is 0.496 e. The quantitative estimate of drug-likeness (QED) is 0.887. The predicted molar refractivity (Wildman–Crippen MR) is 77.5 cm³/mol. The van der Waals surface area contributed by atoms with Crippen molar-refractivity contribution in [2.75, 3.05) is 19.0 Å². The zero-order chi connectivity index (χ0) is 15.4. The van der Waals surface area contributed by atoms with Crippen molar-refractivity contribution in [3.63, 3.8) is 0 Å². The number of benzene rings is 2. The molecule has 1 atom stereocenters. The molecule has 2 rings (SSSR count). The Bertz CT molecular complexity index is 632. The molecule has 0 bridgehead atoms. The summed E-state index contributed by atoms with van der Waals surface area (Å²) in [6.45, 7) is 2.07. The van der Waals surface area contributed by atoms with Crippen LogP contribution in [-0.2, 0) is 0 Å². The first-order valence-corrected chi connectivity index (χ1v) is 6.53. The van der Waals surface area contributed by atoms with Crippen molar-refractivity contribution in [3.8, 4) is 5.75 Å². The van der Waals surface area contributed by atoms with E-state index in [2.05, 4.69) is 5.32 Å². The van der Waals surface area contributed by atoms with Gasteiger partial charge in [-0.3, -0.25) is 0 Å². The van der Waals surface area contributed by atoms with E-state index < -0.39 is 17.7 Å². The van der Waals surface area contributed by atoms with E-state index >= 15 is 0 Å². The van der Waals surface area contributed by atoms with Crippen LogP contribution in [0.15, 0.2) is 36.4 Å². The molecule has 2 aromatic rings. The summed E-state index contributed by atoms with van der Waals surface area (Å²) in [4.78, 5) is 0. The Hall–Kier alpha value is -2.14. The molecule has 0 saturated carbocycles. The topological polar surface area (TPSA) is 41.5 Å². The molecule has 2 aromatic carbocycles. The zero-order valence-corrected chi connectivity index (χ0v) is 11.9. The van der Waals surface area contributed by atoms with Crippen LogP contribution in [0.5, 0.6) is 5.75 Å². The normalized spacial score (nSPS) is 12.0. The van der Waals surface area contributed by atoms with E-state index in [-0.39, 0.29) is 6.54 Å². The number of aliphatic hydroxyl groups is 1. The molecule has 0 amide bonds. The van der Waals surface area contributed by atoms with E-state index in [9.17, 15) is 13.9 Å². The smallest absolute Gasteiger partial charge is 0.160 e. The number of nitrogens with one attached hydrogen (secondary N) is 1. The first-order valence-electron chi connectivity index (χ1n) is 6.53. The molecule has 0 aliphatic heterocycles.